The van der Waals surface area contributed by atoms with Crippen LogP contribution in [0.3, 0.4) is 0 Å². The standard InChI is InChI=1S/C31H36N6O6/c38-28(37-12-2-5-27(37)29(39)31(41)34-20-22-4-1-9-32-19-22)21-35-30(40)24-8-10-33-26-7-6-23(18-25(24)26)43-15-3-11-36-13-16-42-17-14-36/h1,4,6-10,18-19,27H,2-3,5,11-17,20-21H2,(H,34,41)(H,35,40). The van der Waals surface area contributed by atoms with Gasteiger partial charge >= 0.3 is 0 Å². The molecular formula is C31H36N6O6. The van der Waals surface area contributed by atoms with Crippen molar-refractivity contribution in [3.63, 3.8) is 0 Å². The molecule has 2 saturated heterocycles. The molecule has 2 N–H and O–H groups in total. The Morgan fingerprint density at radius 3 is 2.70 bits per heavy atom. The highest BCUT2D eigenvalue weighted by Gasteiger charge is 2.37. The van der Waals surface area contributed by atoms with Crippen molar-refractivity contribution < 1.29 is 28.7 Å². The summed E-state index contributed by atoms with van der Waals surface area (Å²) in [7, 11) is 0. The van der Waals surface area contributed by atoms with Crippen LogP contribution in [0.1, 0.15) is 35.2 Å². The van der Waals surface area contributed by atoms with Crippen molar-refractivity contribution in [2.24, 2.45) is 0 Å². The van der Waals surface area contributed by atoms with Crippen LogP contribution in [-0.4, -0.2) is 102 Å². The third-order valence-corrected chi connectivity index (χ3v) is 7.62. The number of carbonyl (C=O) groups is 4. The summed E-state index contributed by atoms with van der Waals surface area (Å²) >= 11 is 0. The Hall–Kier alpha value is -4.42. The number of rotatable bonds is 12. The maximum absolute atomic E-state index is 13.2. The summed E-state index contributed by atoms with van der Waals surface area (Å²) in [6.45, 7) is 5.05. The highest BCUT2D eigenvalue weighted by Crippen LogP contribution is 2.23. The van der Waals surface area contributed by atoms with Gasteiger partial charge in [-0.1, -0.05) is 6.07 Å². The molecule has 1 unspecified atom stereocenters. The maximum atomic E-state index is 13.2. The minimum Gasteiger partial charge on any atom is -0.494 e. The van der Waals surface area contributed by atoms with Crippen LogP contribution >= 0.6 is 0 Å². The van der Waals surface area contributed by atoms with Crippen molar-refractivity contribution in [1.29, 1.82) is 0 Å². The van der Waals surface area contributed by atoms with Gasteiger partial charge in [-0.05, 0) is 55.2 Å². The van der Waals surface area contributed by atoms with Gasteiger partial charge < -0.3 is 25.0 Å². The summed E-state index contributed by atoms with van der Waals surface area (Å²) in [6.07, 6.45) is 6.62. The Kier molecular flexibility index (Phi) is 10.2. The van der Waals surface area contributed by atoms with E-state index in [0.29, 0.717) is 48.2 Å². The third-order valence-electron chi connectivity index (χ3n) is 7.62. The number of hydrogen-bond acceptors (Lipinski definition) is 9. The van der Waals surface area contributed by atoms with Crippen LogP contribution < -0.4 is 15.4 Å². The van der Waals surface area contributed by atoms with Crippen molar-refractivity contribution in [2.75, 3.05) is 52.5 Å². The van der Waals surface area contributed by atoms with E-state index in [0.717, 1.165) is 44.8 Å². The first-order valence-corrected chi connectivity index (χ1v) is 14.6. The molecular weight excluding hydrogens is 552 g/mol. The molecule has 2 aromatic heterocycles. The number of hydrogen-bond donors (Lipinski definition) is 2. The molecule has 0 radical (unpaired) electrons. The van der Waals surface area contributed by atoms with Gasteiger partial charge in [-0.2, -0.15) is 0 Å². The number of benzene rings is 1. The molecule has 4 heterocycles. The Bertz CT molecular complexity index is 1450. The van der Waals surface area contributed by atoms with Gasteiger partial charge in [-0.3, -0.25) is 34.0 Å². The highest BCUT2D eigenvalue weighted by molar-refractivity contribution is 6.38. The van der Waals surface area contributed by atoms with E-state index < -0.39 is 29.5 Å². The number of morpholine rings is 1. The number of carbonyl (C=O) groups excluding carboxylic acids is 4. The van der Waals surface area contributed by atoms with E-state index >= 15 is 0 Å². The van der Waals surface area contributed by atoms with Gasteiger partial charge in [0, 0.05) is 56.7 Å². The molecule has 3 amide bonds. The van der Waals surface area contributed by atoms with Gasteiger partial charge in [-0.15, -0.1) is 0 Å². The zero-order valence-corrected chi connectivity index (χ0v) is 24.0. The fourth-order valence-corrected chi connectivity index (χ4v) is 5.33. The van der Waals surface area contributed by atoms with Gasteiger partial charge in [0.15, 0.2) is 0 Å². The number of ketones is 1. The van der Waals surface area contributed by atoms with Crippen LogP contribution in [0.25, 0.3) is 10.9 Å². The smallest absolute Gasteiger partial charge is 0.289 e. The topological polar surface area (TPSA) is 143 Å². The number of nitrogens with zero attached hydrogens (tertiary/aromatic N) is 4. The molecule has 1 atom stereocenters. The van der Waals surface area contributed by atoms with Crippen molar-refractivity contribution >= 4 is 34.4 Å². The number of Topliss-reactive ketones (excluding diaryl/α,β-unsaturated/α-hetero) is 1. The lowest BCUT2D eigenvalue weighted by atomic mass is 10.1. The fraction of sp³-hybridized carbons (Fsp3) is 0.419. The number of aromatic nitrogens is 2. The SMILES string of the molecule is O=C(NCc1cccnc1)C(=O)C1CCCN1C(=O)CNC(=O)c1ccnc2ccc(OCCCN3CCOCC3)cc12. The van der Waals surface area contributed by atoms with Crippen LogP contribution in [0.4, 0.5) is 0 Å². The molecule has 0 spiro atoms. The van der Waals surface area contributed by atoms with Crippen LogP contribution in [0.5, 0.6) is 5.75 Å². The molecule has 2 fully saturated rings. The molecule has 0 aliphatic carbocycles. The monoisotopic (exact) mass is 588 g/mol. The first kappa shape index (κ1) is 30.1. The number of nitrogens with one attached hydrogen (secondary N) is 2. The van der Waals surface area contributed by atoms with Crippen molar-refractivity contribution in [3.05, 3.63) is 66.1 Å². The van der Waals surface area contributed by atoms with E-state index in [1.165, 1.54) is 4.90 Å². The second kappa shape index (κ2) is 14.7. The van der Waals surface area contributed by atoms with Crippen molar-refractivity contribution in [3.8, 4) is 5.75 Å². The average molecular weight is 589 g/mol. The van der Waals surface area contributed by atoms with E-state index in [1.807, 2.05) is 6.07 Å². The lowest BCUT2D eigenvalue weighted by Crippen LogP contribution is -2.49. The van der Waals surface area contributed by atoms with E-state index in [4.69, 9.17) is 9.47 Å². The predicted molar refractivity (Wildman–Crippen MR) is 157 cm³/mol. The third kappa shape index (κ3) is 7.90. The quantitative estimate of drug-likeness (QED) is 0.237. The molecule has 2 aliphatic rings. The Morgan fingerprint density at radius 1 is 1.02 bits per heavy atom. The van der Waals surface area contributed by atoms with Crippen LogP contribution in [0, 0.1) is 0 Å². The zero-order chi connectivity index (χ0) is 30.0. The van der Waals surface area contributed by atoms with Gasteiger partial charge in [-0.25, -0.2) is 0 Å². The molecule has 12 heteroatoms. The normalized spacial score (nSPS) is 17.0. The minimum atomic E-state index is -0.858. The van der Waals surface area contributed by atoms with Gasteiger partial charge in [0.2, 0.25) is 11.7 Å². The average Bonchev–Trinajstić information content (AvgIpc) is 3.55. The largest absolute Gasteiger partial charge is 0.494 e. The first-order valence-electron chi connectivity index (χ1n) is 14.6. The molecule has 43 heavy (non-hydrogen) atoms. The predicted octanol–water partition coefficient (Wildman–Crippen LogP) is 1.34. The van der Waals surface area contributed by atoms with Crippen LogP contribution in [0.2, 0.25) is 0 Å². The number of likely N-dealkylation sites (tertiary alicyclic amines) is 1. The minimum absolute atomic E-state index is 0.163. The second-order valence-corrected chi connectivity index (χ2v) is 10.5. The fourth-order valence-electron chi connectivity index (χ4n) is 5.33. The number of pyridine rings is 2. The Morgan fingerprint density at radius 2 is 1.88 bits per heavy atom. The van der Waals surface area contributed by atoms with Crippen molar-refractivity contribution in [2.45, 2.75) is 31.8 Å². The van der Waals surface area contributed by atoms with E-state index in [-0.39, 0.29) is 13.1 Å². The number of amides is 3. The number of fused-ring (bicyclic) bond motifs is 1. The van der Waals surface area contributed by atoms with Crippen LogP contribution in [0.15, 0.2) is 55.0 Å². The van der Waals surface area contributed by atoms with E-state index in [9.17, 15) is 19.2 Å². The summed E-state index contributed by atoms with van der Waals surface area (Å²) in [5.74, 6) is -1.65. The summed E-state index contributed by atoms with van der Waals surface area (Å²) in [5, 5.41) is 5.89. The molecule has 2 aliphatic heterocycles. The van der Waals surface area contributed by atoms with E-state index in [2.05, 4.69) is 25.5 Å². The Balaban J connectivity index is 1.14. The van der Waals surface area contributed by atoms with Gasteiger partial charge in [0.25, 0.3) is 11.8 Å². The van der Waals surface area contributed by atoms with Gasteiger partial charge in [0.05, 0.1) is 37.4 Å². The molecule has 0 bridgehead atoms. The molecule has 5 rings (SSSR count). The molecule has 0 saturated carbocycles. The van der Waals surface area contributed by atoms with Crippen molar-refractivity contribution in [1.82, 2.24) is 30.4 Å². The maximum Gasteiger partial charge on any atom is 0.289 e. The zero-order valence-electron chi connectivity index (χ0n) is 24.0. The highest BCUT2D eigenvalue weighted by atomic mass is 16.5. The summed E-state index contributed by atoms with van der Waals surface area (Å²) in [4.78, 5) is 63.7. The van der Waals surface area contributed by atoms with Crippen LogP contribution in [-0.2, 0) is 25.7 Å². The Labute approximate surface area is 249 Å². The first-order chi connectivity index (χ1) is 21.0. The number of ether oxygens (including phenoxy) is 2. The summed E-state index contributed by atoms with van der Waals surface area (Å²) in [6, 6.07) is 9.68. The summed E-state index contributed by atoms with van der Waals surface area (Å²) in [5.41, 5.74) is 1.75. The molecule has 226 valence electrons. The lowest BCUT2D eigenvalue weighted by Gasteiger charge is -2.26. The van der Waals surface area contributed by atoms with Gasteiger partial charge in [0.1, 0.15) is 11.8 Å². The lowest BCUT2D eigenvalue weighted by molar-refractivity contribution is -0.144. The second-order valence-electron chi connectivity index (χ2n) is 10.5. The molecule has 3 aromatic rings. The van der Waals surface area contributed by atoms with E-state index in [1.54, 1.807) is 48.9 Å². The molecule has 12 nitrogen and oxygen atoms in total. The molecule has 1 aromatic carbocycles. The summed E-state index contributed by atoms with van der Waals surface area (Å²) < 4.78 is 11.3.